The summed E-state index contributed by atoms with van der Waals surface area (Å²) in [6, 6.07) is 3.67. The first-order valence-electron chi connectivity index (χ1n) is 7.92. The van der Waals surface area contributed by atoms with Gasteiger partial charge < -0.3 is 14.8 Å². The zero-order valence-corrected chi connectivity index (χ0v) is 15.6. The highest BCUT2D eigenvalue weighted by Crippen LogP contribution is 2.19. The van der Waals surface area contributed by atoms with Crippen molar-refractivity contribution in [3.8, 4) is 5.88 Å². The number of halogens is 1. The van der Waals surface area contributed by atoms with E-state index in [-0.39, 0.29) is 10.6 Å². The van der Waals surface area contributed by atoms with Crippen molar-refractivity contribution in [2.75, 3.05) is 25.6 Å². The summed E-state index contributed by atoms with van der Waals surface area (Å²) in [5.74, 6) is 0.535. The molecule has 2 aromatic heterocycles. The Kier molecular flexibility index (Phi) is 6.39. The lowest BCUT2D eigenvalue weighted by Gasteiger charge is -2.21. The van der Waals surface area contributed by atoms with Crippen LogP contribution in [0.4, 0.5) is 5.69 Å². The van der Waals surface area contributed by atoms with Crippen LogP contribution in [0.5, 0.6) is 5.88 Å². The number of nitrogens with zero attached hydrogens (tertiary/aromatic N) is 3. The molecule has 0 bridgehead atoms. The molecule has 2 rings (SSSR count). The van der Waals surface area contributed by atoms with E-state index >= 15 is 0 Å². The third-order valence-corrected chi connectivity index (χ3v) is 3.74. The molecule has 0 fully saturated rings. The van der Waals surface area contributed by atoms with E-state index in [0.717, 1.165) is 5.56 Å². The van der Waals surface area contributed by atoms with Gasteiger partial charge in [0.15, 0.2) is 0 Å². The summed E-state index contributed by atoms with van der Waals surface area (Å²) in [5, 5.41) is 7.42. The zero-order valence-electron chi connectivity index (χ0n) is 14.9. The smallest absolute Gasteiger partial charge is 0.288 e. The van der Waals surface area contributed by atoms with Crippen molar-refractivity contribution in [2.24, 2.45) is 0 Å². The largest absolute Gasteiger partial charge is 0.475 e. The van der Waals surface area contributed by atoms with Gasteiger partial charge in [-0.2, -0.15) is 5.10 Å². The van der Waals surface area contributed by atoms with Crippen LogP contribution in [-0.2, 0) is 16.8 Å². The first kappa shape index (κ1) is 19.2. The molecule has 0 amide bonds. The molecule has 0 aromatic carbocycles. The monoisotopic (exact) mass is 366 g/mol. The quantitative estimate of drug-likeness (QED) is 0.759. The molecule has 0 saturated heterocycles. The maximum absolute atomic E-state index is 12.3. The second-order valence-corrected chi connectivity index (χ2v) is 6.84. The second kappa shape index (κ2) is 8.31. The molecule has 0 aliphatic carbocycles. The fourth-order valence-electron chi connectivity index (χ4n) is 2.06. The Hall–Kier alpha value is -2.12. The van der Waals surface area contributed by atoms with Crippen LogP contribution in [0.2, 0.25) is 5.02 Å². The van der Waals surface area contributed by atoms with E-state index in [0.29, 0.717) is 31.3 Å². The predicted octanol–water partition coefficient (Wildman–Crippen LogP) is 2.68. The lowest BCUT2D eigenvalue weighted by Crippen LogP contribution is -2.36. The number of ether oxygens (including phenoxy) is 2. The van der Waals surface area contributed by atoms with E-state index < -0.39 is 5.54 Å². The first-order chi connectivity index (χ1) is 11.8. The molecular formula is C17H23ClN4O3. The van der Waals surface area contributed by atoms with E-state index in [9.17, 15) is 4.79 Å². The normalized spacial score (nSPS) is 11.4. The molecule has 0 saturated carbocycles. The highest BCUT2D eigenvalue weighted by molar-refractivity contribution is 6.32. The lowest BCUT2D eigenvalue weighted by atomic mass is 10.1. The average molecular weight is 367 g/mol. The molecule has 2 aromatic rings. The molecule has 8 heteroatoms. The van der Waals surface area contributed by atoms with Gasteiger partial charge >= 0.3 is 0 Å². The minimum atomic E-state index is -0.429. The second-order valence-electron chi connectivity index (χ2n) is 6.46. The standard InChI is InChI=1S/C17H23ClN4O3/c1-17(2,3)22-16(23)15(18)13(11-21-22)19-9-12-5-6-14(20-10-12)25-8-7-24-4/h5-6,10-11,19H,7-9H2,1-4H3. The summed E-state index contributed by atoms with van der Waals surface area (Å²) in [6.07, 6.45) is 3.26. The Morgan fingerprint density at radius 3 is 2.60 bits per heavy atom. The van der Waals surface area contributed by atoms with E-state index in [1.807, 2.05) is 26.8 Å². The fraction of sp³-hybridized carbons (Fsp3) is 0.471. The Morgan fingerprint density at radius 2 is 2.00 bits per heavy atom. The predicted molar refractivity (Wildman–Crippen MR) is 97.4 cm³/mol. The van der Waals surface area contributed by atoms with Crippen molar-refractivity contribution in [1.82, 2.24) is 14.8 Å². The fourth-order valence-corrected chi connectivity index (χ4v) is 2.26. The molecular weight excluding hydrogens is 344 g/mol. The first-order valence-corrected chi connectivity index (χ1v) is 8.29. The molecule has 136 valence electrons. The lowest BCUT2D eigenvalue weighted by molar-refractivity contribution is 0.143. The number of methoxy groups -OCH3 is 1. The minimum Gasteiger partial charge on any atom is -0.475 e. The number of nitrogens with one attached hydrogen (secondary N) is 1. The number of anilines is 1. The van der Waals surface area contributed by atoms with Gasteiger partial charge in [-0.25, -0.2) is 9.67 Å². The van der Waals surface area contributed by atoms with Crippen LogP contribution in [0.25, 0.3) is 0 Å². The highest BCUT2D eigenvalue weighted by atomic mass is 35.5. The van der Waals surface area contributed by atoms with Gasteiger partial charge in [-0.05, 0) is 26.3 Å². The van der Waals surface area contributed by atoms with Crippen LogP contribution in [0, 0.1) is 0 Å². The van der Waals surface area contributed by atoms with Crippen molar-refractivity contribution in [3.63, 3.8) is 0 Å². The van der Waals surface area contributed by atoms with Crippen LogP contribution >= 0.6 is 11.6 Å². The van der Waals surface area contributed by atoms with Gasteiger partial charge in [0.05, 0.1) is 24.0 Å². The summed E-state index contributed by atoms with van der Waals surface area (Å²) in [4.78, 5) is 16.5. The van der Waals surface area contributed by atoms with Gasteiger partial charge in [0.2, 0.25) is 5.88 Å². The Balaban J connectivity index is 2.02. The van der Waals surface area contributed by atoms with Gasteiger partial charge in [0, 0.05) is 25.9 Å². The maximum atomic E-state index is 12.3. The molecule has 0 aliphatic heterocycles. The third kappa shape index (κ3) is 5.17. The Morgan fingerprint density at radius 1 is 1.24 bits per heavy atom. The molecule has 0 aliphatic rings. The number of rotatable bonds is 7. The van der Waals surface area contributed by atoms with Gasteiger partial charge in [0.1, 0.15) is 11.6 Å². The SMILES string of the molecule is COCCOc1ccc(CNc2cnn(C(C)(C)C)c(=O)c2Cl)cn1. The number of hydrogen-bond acceptors (Lipinski definition) is 6. The van der Waals surface area contributed by atoms with Gasteiger partial charge in [-0.3, -0.25) is 4.79 Å². The van der Waals surface area contributed by atoms with Crippen LogP contribution in [0.15, 0.2) is 29.3 Å². The van der Waals surface area contributed by atoms with E-state index in [1.54, 1.807) is 25.6 Å². The van der Waals surface area contributed by atoms with Crippen molar-refractivity contribution in [3.05, 3.63) is 45.5 Å². The summed E-state index contributed by atoms with van der Waals surface area (Å²) >= 11 is 6.18. The van der Waals surface area contributed by atoms with E-state index in [4.69, 9.17) is 21.1 Å². The van der Waals surface area contributed by atoms with E-state index in [2.05, 4.69) is 15.4 Å². The maximum Gasteiger partial charge on any atom is 0.288 e. The molecule has 0 spiro atoms. The van der Waals surface area contributed by atoms with Crippen molar-refractivity contribution >= 4 is 17.3 Å². The van der Waals surface area contributed by atoms with Crippen LogP contribution in [0.3, 0.4) is 0 Å². The molecule has 0 radical (unpaired) electrons. The van der Waals surface area contributed by atoms with Crippen molar-refractivity contribution in [1.29, 1.82) is 0 Å². The molecule has 0 atom stereocenters. The zero-order chi connectivity index (χ0) is 18.4. The molecule has 0 unspecified atom stereocenters. The van der Waals surface area contributed by atoms with Gasteiger partial charge in [-0.1, -0.05) is 17.7 Å². The minimum absolute atomic E-state index is 0.123. The van der Waals surface area contributed by atoms with Gasteiger partial charge in [-0.15, -0.1) is 0 Å². The van der Waals surface area contributed by atoms with Crippen molar-refractivity contribution < 1.29 is 9.47 Å². The number of hydrogen-bond donors (Lipinski definition) is 1. The van der Waals surface area contributed by atoms with Crippen LogP contribution in [0.1, 0.15) is 26.3 Å². The molecule has 25 heavy (non-hydrogen) atoms. The average Bonchev–Trinajstić information content (AvgIpc) is 2.56. The molecule has 7 nitrogen and oxygen atoms in total. The number of pyridine rings is 1. The van der Waals surface area contributed by atoms with Crippen LogP contribution in [-0.4, -0.2) is 35.1 Å². The summed E-state index contributed by atoms with van der Waals surface area (Å²) < 4.78 is 11.7. The highest BCUT2D eigenvalue weighted by Gasteiger charge is 2.19. The topological polar surface area (TPSA) is 78.3 Å². The number of aromatic nitrogens is 3. The Labute approximate surface area is 151 Å². The third-order valence-electron chi connectivity index (χ3n) is 3.37. The summed E-state index contributed by atoms with van der Waals surface area (Å²) in [6.45, 7) is 7.11. The summed E-state index contributed by atoms with van der Waals surface area (Å²) in [7, 11) is 1.62. The van der Waals surface area contributed by atoms with E-state index in [1.165, 1.54) is 4.68 Å². The molecule has 1 N–H and O–H groups in total. The van der Waals surface area contributed by atoms with Gasteiger partial charge in [0.25, 0.3) is 5.56 Å². The van der Waals surface area contributed by atoms with Crippen molar-refractivity contribution in [2.45, 2.75) is 32.9 Å². The Bertz CT molecular complexity index is 754. The summed E-state index contributed by atoms with van der Waals surface area (Å²) in [5.41, 5.74) is 0.670. The van der Waals surface area contributed by atoms with Crippen LogP contribution < -0.4 is 15.6 Å². The molecule has 2 heterocycles.